The van der Waals surface area contributed by atoms with Crippen molar-refractivity contribution in [1.82, 2.24) is 0 Å². The largest absolute Gasteiger partial charge is 0.459 e. The third-order valence-electron chi connectivity index (χ3n) is 7.15. The fraction of sp³-hybridized carbons (Fsp3) is 0.171. The highest BCUT2D eigenvalue weighted by Crippen LogP contribution is 2.40. The number of esters is 4. The minimum atomic E-state index is -2.35. The molecule has 0 bridgehead atoms. The normalized spacial score (nSPS) is 21.9. The van der Waals surface area contributed by atoms with E-state index in [0.29, 0.717) is 0 Å². The van der Waals surface area contributed by atoms with Crippen LogP contribution in [-0.2, 0) is 28.5 Å². The number of primary amides is 1. The molecule has 1 amide bonds. The Morgan fingerprint density at radius 1 is 0.574 bits per heavy atom. The summed E-state index contributed by atoms with van der Waals surface area (Å²) in [5, 5.41) is 0. The van der Waals surface area contributed by atoms with E-state index in [9.17, 15) is 24.0 Å². The van der Waals surface area contributed by atoms with E-state index < -0.39 is 65.3 Å². The van der Waals surface area contributed by atoms with Gasteiger partial charge in [-0.05, 0) is 64.5 Å². The van der Waals surface area contributed by atoms with Crippen molar-refractivity contribution in [3.05, 3.63) is 144 Å². The first kappa shape index (κ1) is 33.0. The van der Waals surface area contributed by atoms with Crippen LogP contribution in [0.3, 0.4) is 0 Å². The van der Waals surface area contributed by atoms with Gasteiger partial charge in [0.2, 0.25) is 4.51 Å². The highest BCUT2D eigenvalue weighted by molar-refractivity contribution is 9.10. The number of halogens is 1. The van der Waals surface area contributed by atoms with Crippen LogP contribution < -0.4 is 5.73 Å². The summed E-state index contributed by atoms with van der Waals surface area (Å²) < 4.78 is 26.8. The van der Waals surface area contributed by atoms with Gasteiger partial charge in [0, 0.05) is 0 Å². The van der Waals surface area contributed by atoms with E-state index in [4.69, 9.17) is 29.4 Å². The highest BCUT2D eigenvalue weighted by Gasteiger charge is 2.62. The van der Waals surface area contributed by atoms with Crippen LogP contribution in [0.25, 0.3) is 0 Å². The molecule has 1 heterocycles. The average molecular weight is 703 g/mol. The van der Waals surface area contributed by atoms with Crippen LogP contribution in [0.4, 0.5) is 0 Å². The molecule has 47 heavy (non-hydrogen) atoms. The summed E-state index contributed by atoms with van der Waals surface area (Å²) in [7, 11) is 0. The molecule has 11 nitrogen and oxygen atoms in total. The number of ether oxygens (including phenoxy) is 5. The number of hydrogen-bond acceptors (Lipinski definition) is 10. The van der Waals surface area contributed by atoms with Crippen LogP contribution in [0.15, 0.2) is 121 Å². The van der Waals surface area contributed by atoms with E-state index in [0.717, 1.165) is 0 Å². The second-order valence-corrected chi connectivity index (χ2v) is 11.5. The van der Waals surface area contributed by atoms with E-state index in [1.807, 2.05) is 0 Å². The number of benzene rings is 4. The molecule has 1 saturated heterocycles. The fourth-order valence-electron chi connectivity index (χ4n) is 4.80. The first-order valence-electron chi connectivity index (χ1n) is 14.3. The van der Waals surface area contributed by atoms with Crippen LogP contribution in [0.5, 0.6) is 0 Å². The Kier molecular flexibility index (Phi) is 10.4. The Balaban J connectivity index is 1.57. The molecule has 12 heteroatoms. The van der Waals surface area contributed by atoms with Crippen molar-refractivity contribution in [3.63, 3.8) is 0 Å². The molecular weight excluding hydrogens is 674 g/mol. The van der Waals surface area contributed by atoms with Crippen molar-refractivity contribution >= 4 is 45.7 Å². The van der Waals surface area contributed by atoms with Gasteiger partial charge >= 0.3 is 23.9 Å². The monoisotopic (exact) mass is 701 g/mol. The first-order valence-corrected chi connectivity index (χ1v) is 15.1. The molecule has 240 valence electrons. The van der Waals surface area contributed by atoms with Gasteiger partial charge < -0.3 is 29.4 Å². The van der Waals surface area contributed by atoms with Gasteiger partial charge in [-0.3, -0.25) is 4.79 Å². The van der Waals surface area contributed by atoms with Gasteiger partial charge in [0.25, 0.3) is 5.91 Å². The number of hydrogen-bond donors (Lipinski definition) is 1. The van der Waals surface area contributed by atoms with E-state index in [2.05, 4.69) is 15.9 Å². The van der Waals surface area contributed by atoms with Gasteiger partial charge in [0.15, 0.2) is 18.3 Å². The molecule has 0 spiro atoms. The van der Waals surface area contributed by atoms with Crippen LogP contribution in [-0.4, -0.2) is 65.3 Å². The molecule has 0 unspecified atom stereocenters. The molecule has 0 aromatic heterocycles. The van der Waals surface area contributed by atoms with E-state index in [1.165, 1.54) is 48.5 Å². The molecular formula is C35H28BrNO10. The summed E-state index contributed by atoms with van der Waals surface area (Å²) in [5.41, 5.74) is 6.34. The predicted molar refractivity (Wildman–Crippen MR) is 169 cm³/mol. The van der Waals surface area contributed by atoms with Gasteiger partial charge in [0.05, 0.1) is 22.3 Å². The van der Waals surface area contributed by atoms with Gasteiger partial charge in [-0.25, -0.2) is 19.2 Å². The van der Waals surface area contributed by atoms with E-state index >= 15 is 0 Å². The summed E-state index contributed by atoms with van der Waals surface area (Å²) in [6.45, 7) is -0.597. The highest BCUT2D eigenvalue weighted by atomic mass is 79.9. The Morgan fingerprint density at radius 2 is 0.936 bits per heavy atom. The van der Waals surface area contributed by atoms with Crippen LogP contribution in [0.2, 0.25) is 0 Å². The van der Waals surface area contributed by atoms with E-state index in [-0.39, 0.29) is 22.3 Å². The maximum Gasteiger partial charge on any atom is 0.338 e. The topological polar surface area (TPSA) is 158 Å². The number of carbonyl (C=O) groups excluding carboxylic acids is 5. The summed E-state index contributed by atoms with van der Waals surface area (Å²) in [5.74, 6) is -4.62. The number of nitrogens with two attached hydrogens (primary N) is 1. The zero-order valence-corrected chi connectivity index (χ0v) is 26.2. The minimum Gasteiger partial charge on any atom is -0.459 e. The van der Waals surface area contributed by atoms with Gasteiger partial charge in [0.1, 0.15) is 12.7 Å². The summed E-state index contributed by atoms with van der Waals surface area (Å²) in [4.78, 5) is 66.2. The fourth-order valence-corrected chi connectivity index (χ4v) is 5.39. The number of rotatable bonds is 10. The summed E-state index contributed by atoms with van der Waals surface area (Å²) in [6, 6.07) is 31.6. The summed E-state index contributed by atoms with van der Waals surface area (Å²) >= 11 is 3.20. The maximum atomic E-state index is 13.5. The predicted octanol–water partition coefficient (Wildman–Crippen LogP) is 4.50. The quantitative estimate of drug-likeness (QED) is 0.142. The lowest BCUT2D eigenvalue weighted by Crippen LogP contribution is -2.69. The van der Waals surface area contributed by atoms with Crippen molar-refractivity contribution in [1.29, 1.82) is 0 Å². The molecule has 0 aliphatic carbocycles. The molecule has 4 aromatic carbocycles. The molecule has 1 aliphatic heterocycles. The van der Waals surface area contributed by atoms with Gasteiger partial charge in [-0.15, -0.1) is 0 Å². The lowest BCUT2D eigenvalue weighted by molar-refractivity contribution is -0.234. The number of amides is 1. The number of alkyl halides is 1. The van der Waals surface area contributed by atoms with Gasteiger partial charge in [-0.1, -0.05) is 72.8 Å². The van der Waals surface area contributed by atoms with Crippen molar-refractivity contribution in [2.24, 2.45) is 5.73 Å². The Bertz CT molecular complexity index is 1720. The Morgan fingerprint density at radius 3 is 1.34 bits per heavy atom. The molecule has 5 rings (SSSR count). The molecule has 5 atom stereocenters. The van der Waals surface area contributed by atoms with Crippen molar-refractivity contribution in [3.8, 4) is 0 Å². The SMILES string of the molecule is NC(=O)[C@]1(Br)O[C@H](COC(=O)c2ccccc2)[C@@H](OC(=O)c2ccccc2)[C@H](OC(=O)c2ccccc2)[C@H]1OC(=O)c1ccccc1. The maximum absolute atomic E-state index is 13.5. The standard InChI is InChI=1S/C35H28BrNO10/c36-35(34(37)42)29(46-33(41)25-19-11-4-12-20-25)28(45-32(40)24-17-9-3-10-18-24)27(44-31(39)23-15-7-2-8-16-23)26(47-35)21-43-30(38)22-13-5-1-6-14-22/h1-20,26-29H,21H2,(H2,37,42)/t26-,27-,28+,29-,35-/m1/s1. The molecule has 4 aromatic rings. The zero-order valence-electron chi connectivity index (χ0n) is 24.6. The minimum absolute atomic E-state index is 0.0942. The molecule has 0 radical (unpaired) electrons. The van der Waals surface area contributed by atoms with Crippen LogP contribution >= 0.6 is 15.9 Å². The lowest BCUT2D eigenvalue weighted by Gasteiger charge is -2.47. The van der Waals surface area contributed by atoms with Crippen molar-refractivity contribution in [2.75, 3.05) is 6.61 Å². The Hall–Kier alpha value is -5.33. The Labute approximate surface area is 277 Å². The smallest absolute Gasteiger partial charge is 0.338 e. The van der Waals surface area contributed by atoms with Crippen molar-refractivity contribution < 1.29 is 47.7 Å². The molecule has 1 aliphatic rings. The second-order valence-electron chi connectivity index (χ2n) is 10.3. The summed E-state index contributed by atoms with van der Waals surface area (Å²) in [6.07, 6.45) is -6.60. The molecule has 2 N–H and O–H groups in total. The third kappa shape index (κ3) is 7.74. The second kappa shape index (κ2) is 14.8. The van der Waals surface area contributed by atoms with Crippen LogP contribution in [0.1, 0.15) is 41.4 Å². The number of carbonyl (C=O) groups is 5. The van der Waals surface area contributed by atoms with Crippen molar-refractivity contribution in [2.45, 2.75) is 28.9 Å². The average Bonchev–Trinajstić information content (AvgIpc) is 3.11. The third-order valence-corrected chi connectivity index (χ3v) is 8.18. The zero-order chi connectivity index (χ0) is 33.4. The molecule has 0 saturated carbocycles. The van der Waals surface area contributed by atoms with E-state index in [1.54, 1.807) is 72.8 Å². The molecule has 1 fully saturated rings. The first-order chi connectivity index (χ1) is 22.7. The van der Waals surface area contributed by atoms with Gasteiger partial charge in [-0.2, -0.15) is 0 Å². The lowest BCUT2D eigenvalue weighted by atomic mass is 9.93. The van der Waals surface area contributed by atoms with Crippen LogP contribution in [0, 0.1) is 0 Å².